The Morgan fingerprint density at radius 1 is 1.11 bits per heavy atom. The van der Waals surface area contributed by atoms with E-state index in [1.807, 2.05) is 0 Å². The van der Waals surface area contributed by atoms with Crippen molar-refractivity contribution in [2.24, 2.45) is 0 Å². The first-order valence-corrected chi connectivity index (χ1v) is 6.73. The van der Waals surface area contributed by atoms with Crippen LogP contribution in [0, 0.1) is 12.3 Å². The van der Waals surface area contributed by atoms with Crippen LogP contribution >= 0.6 is 0 Å². The predicted octanol–water partition coefficient (Wildman–Crippen LogP) is 2.61. The second kappa shape index (κ2) is 8.58. The quantitative estimate of drug-likeness (QED) is 0.559. The van der Waals surface area contributed by atoms with Crippen LogP contribution in [0.4, 0.5) is 0 Å². The number of unbranched alkanes of at least 4 members (excludes halogenated alkanes) is 3. The number of terminal acetylenes is 1. The minimum atomic E-state index is -0.146. The van der Waals surface area contributed by atoms with Crippen molar-refractivity contribution in [3.63, 3.8) is 0 Å². The Morgan fingerprint density at radius 3 is 2.21 bits per heavy atom. The minimum Gasteiger partial charge on any atom is -0.493 e. The van der Waals surface area contributed by atoms with Crippen molar-refractivity contribution in [3.05, 3.63) is 28.8 Å². The third-order valence-corrected chi connectivity index (χ3v) is 2.99. The van der Waals surface area contributed by atoms with Gasteiger partial charge in [-0.2, -0.15) is 0 Å². The Bertz CT molecular complexity index is 407. The summed E-state index contributed by atoms with van der Waals surface area (Å²) in [5, 5.41) is 18.7. The Balaban J connectivity index is 2.77. The zero-order valence-electron chi connectivity index (χ0n) is 11.5. The highest BCUT2D eigenvalue weighted by Gasteiger charge is 2.11. The Labute approximate surface area is 115 Å². The van der Waals surface area contributed by atoms with E-state index in [9.17, 15) is 10.2 Å². The van der Waals surface area contributed by atoms with Gasteiger partial charge in [-0.25, -0.2) is 0 Å². The number of hydrogen-bond donors (Lipinski definition) is 2. The molecule has 1 aromatic carbocycles. The van der Waals surface area contributed by atoms with Crippen molar-refractivity contribution in [2.75, 3.05) is 6.61 Å². The van der Waals surface area contributed by atoms with E-state index in [4.69, 9.17) is 11.2 Å². The van der Waals surface area contributed by atoms with Gasteiger partial charge in [0, 0.05) is 16.7 Å². The normalized spacial score (nSPS) is 10.2. The third-order valence-electron chi connectivity index (χ3n) is 2.99. The molecule has 0 heterocycles. The standard InChI is InChI=1S/C16H22O3/c1-3-5-6-7-8-19-16-14(11-17)9-13(4-2)10-15(16)12-18/h2,9-10,17-18H,3,5-8,11-12H2,1H3. The summed E-state index contributed by atoms with van der Waals surface area (Å²) >= 11 is 0. The average molecular weight is 262 g/mol. The molecule has 0 aliphatic heterocycles. The lowest BCUT2D eigenvalue weighted by Crippen LogP contribution is -2.05. The maximum absolute atomic E-state index is 9.37. The molecular formula is C16H22O3. The molecule has 3 nitrogen and oxygen atoms in total. The summed E-state index contributed by atoms with van der Waals surface area (Å²) in [5.41, 5.74) is 1.91. The molecule has 0 atom stereocenters. The highest BCUT2D eigenvalue weighted by molar-refractivity contribution is 5.48. The van der Waals surface area contributed by atoms with Crippen LogP contribution in [-0.4, -0.2) is 16.8 Å². The van der Waals surface area contributed by atoms with E-state index in [0.29, 0.717) is 29.0 Å². The fourth-order valence-corrected chi connectivity index (χ4v) is 1.96. The molecule has 0 fully saturated rings. The largest absolute Gasteiger partial charge is 0.493 e. The molecule has 0 aliphatic carbocycles. The second-order valence-electron chi connectivity index (χ2n) is 4.49. The van der Waals surface area contributed by atoms with Crippen LogP contribution in [0.15, 0.2) is 12.1 Å². The van der Waals surface area contributed by atoms with E-state index in [1.54, 1.807) is 12.1 Å². The first-order valence-electron chi connectivity index (χ1n) is 6.73. The van der Waals surface area contributed by atoms with Gasteiger partial charge in [-0.15, -0.1) is 6.42 Å². The lowest BCUT2D eigenvalue weighted by atomic mass is 10.0. The summed E-state index contributed by atoms with van der Waals surface area (Å²) in [5.74, 6) is 3.08. The number of hydrogen-bond acceptors (Lipinski definition) is 3. The van der Waals surface area contributed by atoms with Crippen molar-refractivity contribution < 1.29 is 14.9 Å². The van der Waals surface area contributed by atoms with Crippen molar-refractivity contribution >= 4 is 0 Å². The maximum Gasteiger partial charge on any atom is 0.130 e. The molecule has 0 aromatic heterocycles. The molecule has 2 N–H and O–H groups in total. The van der Waals surface area contributed by atoms with Crippen LogP contribution in [0.3, 0.4) is 0 Å². The maximum atomic E-state index is 9.37. The van der Waals surface area contributed by atoms with Gasteiger partial charge >= 0.3 is 0 Å². The summed E-state index contributed by atoms with van der Waals surface area (Å²) in [6, 6.07) is 3.45. The monoisotopic (exact) mass is 262 g/mol. The van der Waals surface area contributed by atoms with Gasteiger partial charge in [0.1, 0.15) is 5.75 Å². The molecule has 0 amide bonds. The third kappa shape index (κ3) is 4.59. The smallest absolute Gasteiger partial charge is 0.130 e. The minimum absolute atomic E-state index is 0.146. The summed E-state index contributed by atoms with van der Waals surface area (Å²) in [6.45, 7) is 2.46. The van der Waals surface area contributed by atoms with Gasteiger partial charge in [-0.1, -0.05) is 32.1 Å². The predicted molar refractivity (Wildman–Crippen MR) is 75.9 cm³/mol. The Hall–Kier alpha value is -1.50. The van der Waals surface area contributed by atoms with Gasteiger partial charge in [0.2, 0.25) is 0 Å². The summed E-state index contributed by atoms with van der Waals surface area (Å²) < 4.78 is 5.71. The number of aliphatic hydroxyl groups is 2. The topological polar surface area (TPSA) is 49.7 Å². The molecule has 0 saturated carbocycles. The van der Waals surface area contributed by atoms with E-state index >= 15 is 0 Å². The van der Waals surface area contributed by atoms with Crippen molar-refractivity contribution in [2.45, 2.75) is 45.8 Å². The highest BCUT2D eigenvalue weighted by atomic mass is 16.5. The first kappa shape index (κ1) is 15.6. The molecule has 0 spiro atoms. The SMILES string of the molecule is C#Cc1cc(CO)c(OCCCCCC)c(CO)c1. The number of rotatable bonds is 8. The van der Waals surface area contributed by atoms with Crippen LogP contribution in [0.5, 0.6) is 5.75 Å². The summed E-state index contributed by atoms with van der Waals surface area (Å²) in [7, 11) is 0. The second-order valence-corrected chi connectivity index (χ2v) is 4.49. The van der Waals surface area contributed by atoms with E-state index in [-0.39, 0.29) is 13.2 Å². The van der Waals surface area contributed by atoms with Crippen LogP contribution in [-0.2, 0) is 13.2 Å². The molecule has 104 valence electrons. The van der Waals surface area contributed by atoms with Gasteiger partial charge in [-0.3, -0.25) is 0 Å². The van der Waals surface area contributed by atoms with Crippen LogP contribution in [0.25, 0.3) is 0 Å². The molecule has 0 aliphatic rings. The van der Waals surface area contributed by atoms with Crippen molar-refractivity contribution in [1.29, 1.82) is 0 Å². The van der Waals surface area contributed by atoms with Gasteiger partial charge in [0.15, 0.2) is 0 Å². The zero-order valence-corrected chi connectivity index (χ0v) is 11.5. The molecule has 0 radical (unpaired) electrons. The molecular weight excluding hydrogens is 240 g/mol. The van der Waals surface area contributed by atoms with E-state index in [2.05, 4.69) is 12.8 Å². The lowest BCUT2D eigenvalue weighted by molar-refractivity contribution is 0.244. The fourth-order valence-electron chi connectivity index (χ4n) is 1.96. The van der Waals surface area contributed by atoms with Crippen LogP contribution < -0.4 is 4.74 Å². The van der Waals surface area contributed by atoms with Crippen LogP contribution in [0.1, 0.15) is 49.3 Å². The molecule has 0 bridgehead atoms. The van der Waals surface area contributed by atoms with E-state index in [1.165, 1.54) is 12.8 Å². The molecule has 1 aromatic rings. The fraction of sp³-hybridized carbons (Fsp3) is 0.500. The van der Waals surface area contributed by atoms with Gasteiger partial charge in [0.25, 0.3) is 0 Å². The van der Waals surface area contributed by atoms with Crippen LogP contribution in [0.2, 0.25) is 0 Å². The van der Waals surface area contributed by atoms with E-state index < -0.39 is 0 Å². The summed E-state index contributed by atoms with van der Waals surface area (Å²) in [6.07, 6.45) is 9.82. The lowest BCUT2D eigenvalue weighted by Gasteiger charge is -2.14. The molecule has 0 saturated heterocycles. The number of aliphatic hydroxyl groups excluding tert-OH is 2. The first-order chi connectivity index (χ1) is 9.26. The van der Waals surface area contributed by atoms with Crippen molar-refractivity contribution in [3.8, 4) is 18.1 Å². The molecule has 19 heavy (non-hydrogen) atoms. The number of ether oxygens (including phenoxy) is 1. The van der Waals surface area contributed by atoms with Crippen molar-refractivity contribution in [1.82, 2.24) is 0 Å². The van der Waals surface area contributed by atoms with E-state index in [0.717, 1.165) is 12.8 Å². The van der Waals surface area contributed by atoms with Gasteiger partial charge in [-0.05, 0) is 18.6 Å². The molecule has 3 heteroatoms. The highest BCUT2D eigenvalue weighted by Crippen LogP contribution is 2.26. The summed E-state index contributed by atoms with van der Waals surface area (Å²) in [4.78, 5) is 0. The zero-order chi connectivity index (χ0) is 14.1. The molecule has 0 unspecified atom stereocenters. The number of benzene rings is 1. The molecule has 1 rings (SSSR count). The van der Waals surface area contributed by atoms with Gasteiger partial charge < -0.3 is 14.9 Å². The van der Waals surface area contributed by atoms with Gasteiger partial charge in [0.05, 0.1) is 19.8 Å². The Kier molecular flexibility index (Phi) is 7.02. The Morgan fingerprint density at radius 2 is 1.74 bits per heavy atom. The average Bonchev–Trinajstić information content (AvgIpc) is 2.46.